The van der Waals surface area contributed by atoms with Gasteiger partial charge in [0.1, 0.15) is 0 Å². The minimum absolute atomic E-state index is 0.196. The van der Waals surface area contributed by atoms with Crippen molar-refractivity contribution in [1.82, 2.24) is 5.32 Å². The standard InChI is InChI=1S/C11H24BNO4/c1-5-6-7-11(13-10(4)15)12(16)17-9(3)8(2)14/h8-9,11,14,16H,5-7H2,1-4H3,(H,13,15)/t8-,9-,11?/m1/s1. The van der Waals surface area contributed by atoms with E-state index in [1.165, 1.54) is 6.92 Å². The Morgan fingerprint density at radius 3 is 2.47 bits per heavy atom. The van der Waals surface area contributed by atoms with Crippen LogP contribution in [-0.2, 0) is 9.45 Å². The zero-order chi connectivity index (χ0) is 13.4. The van der Waals surface area contributed by atoms with Crippen molar-refractivity contribution >= 4 is 13.0 Å². The molecule has 0 aromatic rings. The predicted molar refractivity (Wildman–Crippen MR) is 67.3 cm³/mol. The first-order valence-corrected chi connectivity index (χ1v) is 6.17. The van der Waals surface area contributed by atoms with Crippen molar-refractivity contribution in [2.45, 2.75) is 65.1 Å². The second kappa shape index (κ2) is 8.50. The minimum atomic E-state index is -1.09. The van der Waals surface area contributed by atoms with Crippen LogP contribution in [-0.4, -0.2) is 41.3 Å². The first-order valence-electron chi connectivity index (χ1n) is 6.17. The Labute approximate surface area is 104 Å². The summed E-state index contributed by atoms with van der Waals surface area (Å²) in [5.41, 5.74) is 0. The zero-order valence-corrected chi connectivity index (χ0v) is 11.1. The lowest BCUT2D eigenvalue weighted by atomic mass is 9.75. The highest BCUT2D eigenvalue weighted by Crippen LogP contribution is 2.07. The Bertz CT molecular complexity index is 226. The molecule has 0 bridgehead atoms. The monoisotopic (exact) mass is 245 g/mol. The number of rotatable bonds is 8. The van der Waals surface area contributed by atoms with E-state index in [1.807, 2.05) is 6.92 Å². The van der Waals surface area contributed by atoms with E-state index in [-0.39, 0.29) is 5.91 Å². The number of aliphatic hydroxyl groups excluding tert-OH is 1. The normalized spacial score (nSPS) is 16.1. The molecule has 0 fully saturated rings. The van der Waals surface area contributed by atoms with Gasteiger partial charge < -0.3 is 20.1 Å². The van der Waals surface area contributed by atoms with Gasteiger partial charge in [-0.15, -0.1) is 0 Å². The van der Waals surface area contributed by atoms with Crippen molar-refractivity contribution < 1.29 is 19.6 Å². The summed E-state index contributed by atoms with van der Waals surface area (Å²) >= 11 is 0. The van der Waals surface area contributed by atoms with Gasteiger partial charge in [0.25, 0.3) is 0 Å². The third-order valence-corrected chi connectivity index (χ3v) is 2.63. The van der Waals surface area contributed by atoms with Gasteiger partial charge in [0, 0.05) is 6.92 Å². The van der Waals surface area contributed by atoms with Crippen LogP contribution in [0.5, 0.6) is 0 Å². The van der Waals surface area contributed by atoms with Gasteiger partial charge in [0.15, 0.2) is 0 Å². The molecule has 1 unspecified atom stereocenters. The fourth-order valence-electron chi connectivity index (χ4n) is 1.40. The van der Waals surface area contributed by atoms with Crippen molar-refractivity contribution in [3.05, 3.63) is 0 Å². The molecule has 3 N–H and O–H groups in total. The molecule has 0 saturated heterocycles. The Kier molecular flexibility index (Phi) is 8.21. The highest BCUT2D eigenvalue weighted by molar-refractivity contribution is 6.45. The predicted octanol–water partition coefficient (Wildman–Crippen LogP) is 0.487. The van der Waals surface area contributed by atoms with E-state index in [9.17, 15) is 14.9 Å². The third kappa shape index (κ3) is 7.36. The van der Waals surface area contributed by atoms with Crippen LogP contribution >= 0.6 is 0 Å². The fourth-order valence-corrected chi connectivity index (χ4v) is 1.40. The van der Waals surface area contributed by atoms with Crippen molar-refractivity contribution in [1.29, 1.82) is 0 Å². The maximum atomic E-state index is 11.0. The maximum absolute atomic E-state index is 11.0. The molecule has 0 saturated carbocycles. The van der Waals surface area contributed by atoms with Crippen molar-refractivity contribution in [2.24, 2.45) is 0 Å². The largest absolute Gasteiger partial charge is 0.478 e. The lowest BCUT2D eigenvalue weighted by Crippen LogP contribution is -2.49. The Morgan fingerprint density at radius 2 is 2.06 bits per heavy atom. The molecule has 100 valence electrons. The number of carbonyl (C=O) groups excluding carboxylic acids is 1. The Balaban J connectivity index is 4.29. The molecular weight excluding hydrogens is 221 g/mol. The lowest BCUT2D eigenvalue weighted by Gasteiger charge is -2.24. The summed E-state index contributed by atoms with van der Waals surface area (Å²) < 4.78 is 5.26. The van der Waals surface area contributed by atoms with Crippen molar-refractivity contribution in [3.8, 4) is 0 Å². The number of hydrogen-bond donors (Lipinski definition) is 3. The van der Waals surface area contributed by atoms with Gasteiger partial charge in [-0.25, -0.2) is 0 Å². The number of hydrogen-bond acceptors (Lipinski definition) is 4. The average Bonchev–Trinajstić information content (AvgIpc) is 2.23. The number of aliphatic hydroxyl groups is 1. The summed E-state index contributed by atoms with van der Waals surface area (Å²) in [7, 11) is -1.09. The molecule has 0 aromatic carbocycles. The van der Waals surface area contributed by atoms with Gasteiger partial charge in [-0.05, 0) is 20.3 Å². The molecular formula is C11H24BNO4. The van der Waals surface area contributed by atoms with Crippen molar-refractivity contribution in [3.63, 3.8) is 0 Å². The van der Waals surface area contributed by atoms with Crippen LogP contribution in [0.15, 0.2) is 0 Å². The Hall–Kier alpha value is -0.585. The number of nitrogens with one attached hydrogen (secondary N) is 1. The first-order chi connectivity index (χ1) is 7.88. The van der Waals surface area contributed by atoms with Gasteiger partial charge in [-0.2, -0.15) is 0 Å². The van der Waals surface area contributed by atoms with Crippen LogP contribution in [0.1, 0.15) is 47.0 Å². The van der Waals surface area contributed by atoms with E-state index in [0.717, 1.165) is 12.8 Å². The summed E-state index contributed by atoms with van der Waals surface area (Å²) in [4.78, 5) is 11.0. The smallest absolute Gasteiger partial charge is 0.426 e. The van der Waals surface area contributed by atoms with Crippen molar-refractivity contribution in [2.75, 3.05) is 0 Å². The molecule has 0 aromatic heterocycles. The van der Waals surface area contributed by atoms with E-state index in [2.05, 4.69) is 5.32 Å². The number of amides is 1. The molecule has 0 aliphatic carbocycles. The van der Waals surface area contributed by atoms with E-state index in [1.54, 1.807) is 13.8 Å². The molecule has 0 rings (SSSR count). The summed E-state index contributed by atoms with van der Waals surface area (Å²) in [5, 5.41) is 21.8. The van der Waals surface area contributed by atoms with Gasteiger partial charge >= 0.3 is 7.12 Å². The molecule has 0 heterocycles. The van der Waals surface area contributed by atoms with E-state index >= 15 is 0 Å². The number of unbranched alkanes of at least 4 members (excludes halogenated alkanes) is 1. The van der Waals surface area contributed by atoms with Crippen LogP contribution in [0, 0.1) is 0 Å². The van der Waals surface area contributed by atoms with Gasteiger partial charge in [0.05, 0.1) is 18.1 Å². The van der Waals surface area contributed by atoms with Crippen LogP contribution in [0.3, 0.4) is 0 Å². The fraction of sp³-hybridized carbons (Fsp3) is 0.909. The second-order valence-corrected chi connectivity index (χ2v) is 4.42. The summed E-state index contributed by atoms with van der Waals surface area (Å²) in [6.07, 6.45) is 1.41. The van der Waals surface area contributed by atoms with E-state index < -0.39 is 25.3 Å². The van der Waals surface area contributed by atoms with Crippen LogP contribution in [0.2, 0.25) is 0 Å². The minimum Gasteiger partial charge on any atom is -0.426 e. The molecule has 1 amide bonds. The summed E-state index contributed by atoms with van der Waals surface area (Å²) in [5.74, 6) is -0.618. The third-order valence-electron chi connectivity index (χ3n) is 2.63. The zero-order valence-electron chi connectivity index (χ0n) is 11.1. The van der Waals surface area contributed by atoms with E-state index in [4.69, 9.17) is 4.65 Å². The molecule has 0 radical (unpaired) electrons. The lowest BCUT2D eigenvalue weighted by molar-refractivity contribution is -0.119. The molecule has 0 aliphatic rings. The molecule has 17 heavy (non-hydrogen) atoms. The topological polar surface area (TPSA) is 78.8 Å². The van der Waals surface area contributed by atoms with Crippen LogP contribution < -0.4 is 5.32 Å². The summed E-state index contributed by atoms with van der Waals surface area (Å²) in [6.45, 7) is 6.72. The maximum Gasteiger partial charge on any atom is 0.478 e. The van der Waals surface area contributed by atoms with Gasteiger partial charge in [0.2, 0.25) is 5.91 Å². The average molecular weight is 245 g/mol. The highest BCUT2D eigenvalue weighted by atomic mass is 16.5. The second-order valence-electron chi connectivity index (χ2n) is 4.42. The molecule has 0 aliphatic heterocycles. The Morgan fingerprint density at radius 1 is 1.47 bits per heavy atom. The molecule has 3 atom stereocenters. The first kappa shape index (κ1) is 16.4. The van der Waals surface area contributed by atoms with Gasteiger partial charge in [-0.3, -0.25) is 4.79 Å². The highest BCUT2D eigenvalue weighted by Gasteiger charge is 2.29. The van der Waals surface area contributed by atoms with Crippen LogP contribution in [0.4, 0.5) is 0 Å². The van der Waals surface area contributed by atoms with Gasteiger partial charge in [-0.1, -0.05) is 19.8 Å². The summed E-state index contributed by atoms with van der Waals surface area (Å²) in [6, 6.07) is 0. The SMILES string of the molecule is CCCCC(NC(C)=O)B(O)O[C@H](C)[C@@H](C)O. The molecule has 6 heteroatoms. The quantitative estimate of drug-likeness (QED) is 0.544. The molecule has 5 nitrogen and oxygen atoms in total. The molecule has 0 spiro atoms. The number of carbonyl (C=O) groups is 1. The van der Waals surface area contributed by atoms with E-state index in [0.29, 0.717) is 6.42 Å². The van der Waals surface area contributed by atoms with Crippen LogP contribution in [0.25, 0.3) is 0 Å².